The number of aromatic hydroxyl groups is 2. The van der Waals surface area contributed by atoms with Crippen molar-refractivity contribution in [1.82, 2.24) is 0 Å². The molecule has 0 aromatic heterocycles. The molecule has 0 aliphatic heterocycles. The summed E-state index contributed by atoms with van der Waals surface area (Å²) < 4.78 is 0. The Balaban J connectivity index is 2.43. The number of phenols is 2. The molecule has 2 N–H and O–H groups in total. The van der Waals surface area contributed by atoms with Crippen LogP contribution in [0.15, 0.2) is 30.3 Å². The van der Waals surface area contributed by atoms with Gasteiger partial charge in [0.15, 0.2) is 5.78 Å². The van der Waals surface area contributed by atoms with Crippen LogP contribution in [0.4, 0.5) is 0 Å². The van der Waals surface area contributed by atoms with Crippen molar-refractivity contribution in [3.05, 3.63) is 58.1 Å². The number of hydrogen-bond acceptors (Lipinski definition) is 4. The average Bonchev–Trinajstić information content (AvgIpc) is 2.40. The highest BCUT2D eigenvalue weighted by molar-refractivity contribution is 7.81. The third kappa shape index (κ3) is 1.50. The lowest BCUT2D eigenvalue weighted by Crippen LogP contribution is -2.20. The van der Waals surface area contributed by atoms with Gasteiger partial charge in [0.2, 0.25) is 0 Å². The Labute approximate surface area is 115 Å². The first-order valence-corrected chi connectivity index (χ1v) is 6.17. The maximum atomic E-state index is 12.4. The number of thiocarbonyl (C=S) groups is 1. The van der Waals surface area contributed by atoms with E-state index in [1.54, 1.807) is 31.2 Å². The van der Waals surface area contributed by atoms with Crippen LogP contribution in [0.5, 0.6) is 11.5 Å². The Hall–Kier alpha value is -2.20. The summed E-state index contributed by atoms with van der Waals surface area (Å²) in [4.78, 5) is 12.8. The van der Waals surface area contributed by atoms with Crippen LogP contribution in [0, 0.1) is 6.92 Å². The molecule has 0 saturated heterocycles. The van der Waals surface area contributed by atoms with Gasteiger partial charge < -0.3 is 10.2 Å². The fraction of sp³-hybridized carbons (Fsp3) is 0.0667. The predicted molar refractivity (Wildman–Crippen MR) is 75.2 cm³/mol. The van der Waals surface area contributed by atoms with Crippen molar-refractivity contribution in [2.24, 2.45) is 0 Å². The number of phenolic OH excluding ortho intramolecular Hbond substituents is 2. The van der Waals surface area contributed by atoms with Gasteiger partial charge in [-0.05, 0) is 18.6 Å². The summed E-state index contributed by atoms with van der Waals surface area (Å²) in [6, 6.07) is 8.37. The quantitative estimate of drug-likeness (QED) is 0.487. The molecule has 3 rings (SSSR count). The monoisotopic (exact) mass is 270 g/mol. The number of ketones is 1. The van der Waals surface area contributed by atoms with E-state index in [1.165, 1.54) is 6.07 Å². The molecule has 2 aromatic carbocycles. The van der Waals surface area contributed by atoms with Crippen LogP contribution in [0.3, 0.4) is 0 Å². The lowest BCUT2D eigenvalue weighted by molar-refractivity contribution is 0.103. The molecule has 0 radical (unpaired) electrons. The minimum absolute atomic E-state index is 0.0712. The SMILES string of the molecule is Cc1cc(O)c2c(c1O)C(=O)c1ccccc1C2=S. The zero-order chi connectivity index (χ0) is 13.7. The molecule has 3 nitrogen and oxygen atoms in total. The van der Waals surface area contributed by atoms with Gasteiger partial charge in [0.25, 0.3) is 0 Å². The summed E-state index contributed by atoms with van der Waals surface area (Å²) >= 11 is 5.34. The summed E-state index contributed by atoms with van der Waals surface area (Å²) in [5, 5.41) is 20.1. The molecule has 94 valence electrons. The summed E-state index contributed by atoms with van der Waals surface area (Å²) in [5.41, 5.74) is 1.88. The number of aryl methyl sites for hydroxylation is 1. The van der Waals surface area contributed by atoms with Gasteiger partial charge in [-0.25, -0.2) is 0 Å². The van der Waals surface area contributed by atoms with E-state index < -0.39 is 0 Å². The van der Waals surface area contributed by atoms with Gasteiger partial charge in [-0.2, -0.15) is 0 Å². The van der Waals surface area contributed by atoms with Crippen molar-refractivity contribution in [3.63, 3.8) is 0 Å². The van der Waals surface area contributed by atoms with Gasteiger partial charge in [-0.3, -0.25) is 4.79 Å². The molecule has 1 aliphatic carbocycles. The second kappa shape index (κ2) is 3.90. The van der Waals surface area contributed by atoms with Crippen LogP contribution >= 0.6 is 12.2 Å². The molecule has 2 aromatic rings. The van der Waals surface area contributed by atoms with Crippen LogP contribution < -0.4 is 0 Å². The smallest absolute Gasteiger partial charge is 0.198 e. The summed E-state index contributed by atoms with van der Waals surface area (Å²) in [5.74, 6) is -0.497. The van der Waals surface area contributed by atoms with Crippen molar-refractivity contribution in [1.29, 1.82) is 0 Å². The van der Waals surface area contributed by atoms with Gasteiger partial charge in [0.05, 0.1) is 10.4 Å². The van der Waals surface area contributed by atoms with Gasteiger partial charge in [-0.1, -0.05) is 36.5 Å². The molecule has 0 fully saturated rings. The Morgan fingerprint density at radius 3 is 2.37 bits per heavy atom. The third-order valence-corrected chi connectivity index (χ3v) is 3.76. The molecule has 0 saturated carbocycles. The second-order valence-corrected chi connectivity index (χ2v) is 4.92. The highest BCUT2D eigenvalue weighted by Gasteiger charge is 2.32. The molecule has 19 heavy (non-hydrogen) atoms. The number of hydrogen-bond donors (Lipinski definition) is 2. The van der Waals surface area contributed by atoms with Gasteiger partial charge >= 0.3 is 0 Å². The van der Waals surface area contributed by atoms with Crippen molar-refractivity contribution in [2.45, 2.75) is 6.92 Å². The molecule has 1 aliphatic rings. The zero-order valence-electron chi connectivity index (χ0n) is 10.1. The maximum absolute atomic E-state index is 12.4. The highest BCUT2D eigenvalue weighted by atomic mass is 32.1. The van der Waals surface area contributed by atoms with E-state index in [2.05, 4.69) is 0 Å². The molecule has 0 spiro atoms. The van der Waals surface area contributed by atoms with Crippen LogP contribution in [-0.4, -0.2) is 20.9 Å². The van der Waals surface area contributed by atoms with Crippen molar-refractivity contribution in [3.8, 4) is 11.5 Å². The highest BCUT2D eigenvalue weighted by Crippen LogP contribution is 2.39. The Morgan fingerprint density at radius 2 is 1.68 bits per heavy atom. The second-order valence-electron chi connectivity index (χ2n) is 4.52. The summed E-state index contributed by atoms with van der Waals surface area (Å²) in [7, 11) is 0. The van der Waals surface area contributed by atoms with E-state index in [0.717, 1.165) is 0 Å². The van der Waals surface area contributed by atoms with E-state index in [1.807, 2.05) is 0 Å². The fourth-order valence-corrected chi connectivity index (χ4v) is 2.77. The lowest BCUT2D eigenvalue weighted by atomic mass is 9.83. The minimum Gasteiger partial charge on any atom is -0.507 e. The standard InChI is InChI=1S/C15H10O3S/c1-7-6-10(16)11-12(13(7)17)14(18)8-4-2-3-5-9(8)15(11)19/h2-6,16-17H,1H3. The number of rotatable bonds is 0. The molecule has 0 amide bonds. The first kappa shape index (κ1) is 11.9. The van der Waals surface area contributed by atoms with Crippen LogP contribution in [0.25, 0.3) is 0 Å². The largest absolute Gasteiger partial charge is 0.507 e. The van der Waals surface area contributed by atoms with Gasteiger partial charge in [0, 0.05) is 16.7 Å². The summed E-state index contributed by atoms with van der Waals surface area (Å²) in [6.45, 7) is 1.63. The topological polar surface area (TPSA) is 57.5 Å². The normalized spacial score (nSPS) is 13.1. The van der Waals surface area contributed by atoms with E-state index in [4.69, 9.17) is 12.2 Å². The van der Waals surface area contributed by atoms with E-state index >= 15 is 0 Å². The molecule has 0 heterocycles. The van der Waals surface area contributed by atoms with E-state index in [-0.39, 0.29) is 28.4 Å². The first-order chi connectivity index (χ1) is 9.02. The number of carbonyl (C=O) groups excluding carboxylic acids is 1. The number of benzene rings is 2. The predicted octanol–water partition coefficient (Wildman–Crippen LogP) is 2.72. The first-order valence-electron chi connectivity index (χ1n) is 5.76. The Kier molecular flexibility index (Phi) is 2.43. The van der Waals surface area contributed by atoms with Crippen LogP contribution in [-0.2, 0) is 0 Å². The maximum Gasteiger partial charge on any atom is 0.198 e. The number of fused-ring (bicyclic) bond motifs is 2. The van der Waals surface area contributed by atoms with Crippen LogP contribution in [0.2, 0.25) is 0 Å². The Morgan fingerprint density at radius 1 is 1.05 bits per heavy atom. The lowest BCUT2D eigenvalue weighted by Gasteiger charge is -2.22. The molecular formula is C15H10O3S. The minimum atomic E-state index is -0.310. The van der Waals surface area contributed by atoms with E-state index in [0.29, 0.717) is 21.6 Å². The van der Waals surface area contributed by atoms with Crippen molar-refractivity contribution < 1.29 is 15.0 Å². The van der Waals surface area contributed by atoms with E-state index in [9.17, 15) is 15.0 Å². The third-order valence-electron chi connectivity index (χ3n) is 3.34. The fourth-order valence-electron chi connectivity index (χ4n) is 2.39. The average molecular weight is 270 g/mol. The van der Waals surface area contributed by atoms with Gasteiger partial charge in [0.1, 0.15) is 11.5 Å². The van der Waals surface area contributed by atoms with Crippen molar-refractivity contribution in [2.75, 3.05) is 0 Å². The van der Waals surface area contributed by atoms with Gasteiger partial charge in [-0.15, -0.1) is 0 Å². The molecule has 0 unspecified atom stereocenters. The summed E-state index contributed by atoms with van der Waals surface area (Å²) in [6.07, 6.45) is 0. The molecule has 0 bridgehead atoms. The van der Waals surface area contributed by atoms with Crippen LogP contribution in [0.1, 0.15) is 32.6 Å². The number of carbonyl (C=O) groups is 1. The van der Waals surface area contributed by atoms with Crippen molar-refractivity contribution >= 4 is 22.9 Å². The molecule has 0 atom stereocenters. The Bertz CT molecular complexity index is 747. The molecule has 4 heteroatoms. The molecular weight excluding hydrogens is 260 g/mol. The zero-order valence-corrected chi connectivity index (χ0v) is 10.9.